The Morgan fingerprint density at radius 2 is 2.20 bits per heavy atom. The Morgan fingerprint density at radius 3 is 2.88 bits per heavy atom. The second-order valence-electron chi connectivity index (χ2n) is 6.40. The average molecular weight is 344 g/mol. The third-order valence-corrected chi connectivity index (χ3v) is 4.41. The maximum absolute atomic E-state index is 14.0. The van der Waals surface area contributed by atoms with Crippen LogP contribution in [0.1, 0.15) is 40.0 Å². The molecule has 1 amide bonds. The number of nitrogens with one attached hydrogen (secondary N) is 1. The molecule has 0 spiro atoms. The zero-order chi connectivity index (χ0) is 18.0. The molecule has 1 aliphatic carbocycles. The van der Waals surface area contributed by atoms with Crippen molar-refractivity contribution in [1.29, 1.82) is 0 Å². The normalized spacial score (nSPS) is 13.6. The molecule has 1 fully saturated rings. The molecule has 1 saturated carbocycles. The third kappa shape index (κ3) is 3.90. The van der Waals surface area contributed by atoms with E-state index in [0.29, 0.717) is 22.6 Å². The largest absolute Gasteiger partial charge is 0.504 e. The van der Waals surface area contributed by atoms with Gasteiger partial charge in [0.25, 0.3) is 5.91 Å². The monoisotopic (exact) mass is 344 g/mol. The number of amides is 1. The topological polar surface area (TPSA) is 71.5 Å². The van der Waals surface area contributed by atoms with Gasteiger partial charge >= 0.3 is 0 Å². The molecule has 1 aromatic carbocycles. The number of phenolic OH excluding ortho intramolecular Hbond substituents is 1. The van der Waals surface area contributed by atoms with Crippen LogP contribution in [0.25, 0.3) is 0 Å². The summed E-state index contributed by atoms with van der Waals surface area (Å²) in [6, 6.07) is 4.74. The molecule has 0 aliphatic heterocycles. The number of nitrogens with zero attached hydrogens (tertiary/aromatic N) is 1. The van der Waals surface area contributed by atoms with E-state index in [9.17, 15) is 14.3 Å². The van der Waals surface area contributed by atoms with Crippen LogP contribution in [-0.4, -0.2) is 23.1 Å². The van der Waals surface area contributed by atoms with Gasteiger partial charge < -0.3 is 15.2 Å². The number of methoxy groups -OCH3 is 1. The number of aryl methyl sites for hydroxylation is 1. The SMILES string of the molecule is COc1cc(C(=O)NCc2nccc(C)c2F)cc(CC2CC2)c1O. The van der Waals surface area contributed by atoms with Crippen molar-refractivity contribution in [1.82, 2.24) is 10.3 Å². The highest BCUT2D eigenvalue weighted by Crippen LogP contribution is 2.39. The van der Waals surface area contributed by atoms with E-state index in [1.807, 2.05) is 0 Å². The quantitative estimate of drug-likeness (QED) is 0.845. The standard InChI is InChI=1S/C19H21FN2O3/c1-11-5-6-21-15(17(11)20)10-22-19(24)14-8-13(7-12-3-4-12)18(23)16(9-14)25-2/h5-6,8-9,12,23H,3-4,7,10H2,1-2H3,(H,22,24). The van der Waals surface area contributed by atoms with E-state index < -0.39 is 5.82 Å². The van der Waals surface area contributed by atoms with Crippen molar-refractivity contribution in [3.05, 3.63) is 52.6 Å². The van der Waals surface area contributed by atoms with Crippen LogP contribution in [-0.2, 0) is 13.0 Å². The molecule has 0 unspecified atom stereocenters. The third-order valence-electron chi connectivity index (χ3n) is 4.41. The first-order valence-electron chi connectivity index (χ1n) is 8.27. The fourth-order valence-electron chi connectivity index (χ4n) is 2.73. The van der Waals surface area contributed by atoms with E-state index in [-0.39, 0.29) is 29.6 Å². The molecule has 25 heavy (non-hydrogen) atoms. The second kappa shape index (κ2) is 7.09. The van der Waals surface area contributed by atoms with E-state index in [1.54, 1.807) is 19.1 Å². The van der Waals surface area contributed by atoms with Gasteiger partial charge in [0.2, 0.25) is 0 Å². The van der Waals surface area contributed by atoms with Crippen LogP contribution in [0.15, 0.2) is 24.4 Å². The van der Waals surface area contributed by atoms with Crippen molar-refractivity contribution in [2.45, 2.75) is 32.7 Å². The fourth-order valence-corrected chi connectivity index (χ4v) is 2.73. The van der Waals surface area contributed by atoms with Gasteiger partial charge in [-0.15, -0.1) is 0 Å². The lowest BCUT2D eigenvalue weighted by molar-refractivity contribution is 0.0949. The van der Waals surface area contributed by atoms with Crippen molar-refractivity contribution in [2.75, 3.05) is 7.11 Å². The number of carbonyl (C=O) groups is 1. The number of hydrogen-bond acceptors (Lipinski definition) is 4. The minimum absolute atomic E-state index is 0.00645. The Kier molecular flexibility index (Phi) is 4.88. The Morgan fingerprint density at radius 1 is 1.44 bits per heavy atom. The molecule has 2 N–H and O–H groups in total. The fraction of sp³-hybridized carbons (Fsp3) is 0.368. The van der Waals surface area contributed by atoms with Crippen molar-refractivity contribution in [2.24, 2.45) is 5.92 Å². The van der Waals surface area contributed by atoms with Crippen molar-refractivity contribution in [3.63, 3.8) is 0 Å². The first-order valence-corrected chi connectivity index (χ1v) is 8.27. The van der Waals surface area contributed by atoms with Gasteiger partial charge in [-0.25, -0.2) is 4.39 Å². The minimum atomic E-state index is -0.416. The van der Waals surface area contributed by atoms with E-state index in [2.05, 4.69) is 10.3 Å². The predicted octanol–water partition coefficient (Wildman–Crippen LogP) is 3.13. The van der Waals surface area contributed by atoms with Crippen LogP contribution in [0.3, 0.4) is 0 Å². The zero-order valence-corrected chi connectivity index (χ0v) is 14.3. The first kappa shape index (κ1) is 17.2. The summed E-state index contributed by atoms with van der Waals surface area (Å²) >= 11 is 0. The molecular formula is C19H21FN2O3. The van der Waals surface area contributed by atoms with Gasteiger partial charge in [0.15, 0.2) is 11.5 Å². The van der Waals surface area contributed by atoms with Crippen molar-refractivity contribution in [3.8, 4) is 11.5 Å². The summed E-state index contributed by atoms with van der Waals surface area (Å²) in [6.45, 7) is 1.64. The molecule has 0 saturated heterocycles. The van der Waals surface area contributed by atoms with Gasteiger partial charge in [-0.1, -0.05) is 0 Å². The van der Waals surface area contributed by atoms with Gasteiger partial charge in [-0.05, 0) is 61.4 Å². The first-order chi connectivity index (χ1) is 12.0. The lowest BCUT2D eigenvalue weighted by atomic mass is 10.0. The number of halogens is 1. The lowest BCUT2D eigenvalue weighted by Crippen LogP contribution is -2.24. The van der Waals surface area contributed by atoms with Crippen LogP contribution in [0, 0.1) is 18.7 Å². The summed E-state index contributed by atoms with van der Waals surface area (Å²) in [7, 11) is 1.45. The molecule has 1 aromatic heterocycles. The molecule has 3 rings (SSSR count). The number of hydrogen-bond donors (Lipinski definition) is 2. The summed E-state index contributed by atoms with van der Waals surface area (Å²) in [4.78, 5) is 16.4. The van der Waals surface area contributed by atoms with Gasteiger partial charge in [0.05, 0.1) is 19.3 Å². The molecule has 2 aromatic rings. The Bertz CT molecular complexity index is 803. The number of aromatic hydroxyl groups is 1. The van der Waals surface area contributed by atoms with Crippen molar-refractivity contribution >= 4 is 5.91 Å². The summed E-state index contributed by atoms with van der Waals surface area (Å²) in [5, 5.41) is 12.9. The number of rotatable bonds is 6. The highest BCUT2D eigenvalue weighted by Gasteiger charge is 2.25. The summed E-state index contributed by atoms with van der Waals surface area (Å²) in [5.41, 5.74) is 1.75. The molecule has 0 radical (unpaired) electrons. The number of benzene rings is 1. The highest BCUT2D eigenvalue weighted by molar-refractivity contribution is 5.95. The van der Waals surface area contributed by atoms with Gasteiger partial charge in [-0.2, -0.15) is 0 Å². The summed E-state index contributed by atoms with van der Waals surface area (Å²) < 4.78 is 19.1. The summed E-state index contributed by atoms with van der Waals surface area (Å²) in [6.07, 6.45) is 4.50. The van der Waals surface area contributed by atoms with E-state index in [0.717, 1.165) is 19.3 Å². The molecule has 1 heterocycles. The van der Waals surface area contributed by atoms with E-state index in [4.69, 9.17) is 4.74 Å². The van der Waals surface area contributed by atoms with Gasteiger partial charge in [-0.3, -0.25) is 9.78 Å². The molecule has 0 atom stereocenters. The minimum Gasteiger partial charge on any atom is -0.504 e. The highest BCUT2D eigenvalue weighted by atomic mass is 19.1. The average Bonchev–Trinajstić information content (AvgIpc) is 3.41. The molecule has 5 nitrogen and oxygen atoms in total. The molecule has 0 bridgehead atoms. The zero-order valence-electron chi connectivity index (χ0n) is 14.3. The number of aromatic nitrogens is 1. The molecule has 132 valence electrons. The summed E-state index contributed by atoms with van der Waals surface area (Å²) in [5.74, 6) is 0.124. The Hall–Kier alpha value is -2.63. The molecule has 6 heteroatoms. The van der Waals surface area contributed by atoms with Crippen LogP contribution in [0.2, 0.25) is 0 Å². The smallest absolute Gasteiger partial charge is 0.251 e. The molecule has 1 aliphatic rings. The number of pyridine rings is 1. The van der Waals surface area contributed by atoms with Crippen LogP contribution in [0.4, 0.5) is 4.39 Å². The number of carbonyl (C=O) groups excluding carboxylic acids is 1. The van der Waals surface area contributed by atoms with Gasteiger partial charge in [0, 0.05) is 11.8 Å². The van der Waals surface area contributed by atoms with E-state index in [1.165, 1.54) is 19.4 Å². The predicted molar refractivity (Wildman–Crippen MR) is 91.2 cm³/mol. The lowest BCUT2D eigenvalue weighted by Gasteiger charge is -2.12. The maximum Gasteiger partial charge on any atom is 0.251 e. The number of phenols is 1. The van der Waals surface area contributed by atoms with Crippen molar-refractivity contribution < 1.29 is 19.0 Å². The number of ether oxygens (including phenoxy) is 1. The second-order valence-corrected chi connectivity index (χ2v) is 6.40. The Labute approximate surface area is 145 Å². The molecular weight excluding hydrogens is 323 g/mol. The van der Waals surface area contributed by atoms with Crippen LogP contribution in [0.5, 0.6) is 11.5 Å². The Balaban J connectivity index is 1.77. The van der Waals surface area contributed by atoms with E-state index >= 15 is 0 Å². The van der Waals surface area contributed by atoms with Crippen LogP contribution < -0.4 is 10.1 Å². The van der Waals surface area contributed by atoms with Crippen LogP contribution >= 0.6 is 0 Å². The van der Waals surface area contributed by atoms with Gasteiger partial charge in [0.1, 0.15) is 5.82 Å². The maximum atomic E-state index is 14.0.